The molecule has 1 amide bonds. The molecular formula is C7H12N2O. The number of nitrogens with one attached hydrogen (secondary N) is 1. The second kappa shape index (κ2) is 2.23. The third kappa shape index (κ3) is 1.29. The van der Waals surface area contributed by atoms with E-state index in [9.17, 15) is 4.79 Å². The van der Waals surface area contributed by atoms with Gasteiger partial charge >= 0.3 is 0 Å². The Morgan fingerprint density at radius 1 is 1.60 bits per heavy atom. The predicted molar refractivity (Wildman–Crippen MR) is 37.3 cm³/mol. The summed E-state index contributed by atoms with van der Waals surface area (Å²) in [5, 5.41) is 2.79. The summed E-state index contributed by atoms with van der Waals surface area (Å²) < 4.78 is 0. The van der Waals surface area contributed by atoms with Crippen molar-refractivity contribution in [3.05, 3.63) is 0 Å². The number of carbonyl (C=O) groups is 1. The molecular weight excluding hydrogens is 128 g/mol. The van der Waals surface area contributed by atoms with E-state index in [1.54, 1.807) is 0 Å². The van der Waals surface area contributed by atoms with Gasteiger partial charge < -0.3 is 5.32 Å². The van der Waals surface area contributed by atoms with E-state index >= 15 is 0 Å². The highest BCUT2D eigenvalue weighted by Gasteiger charge is 2.27. The highest BCUT2D eigenvalue weighted by molar-refractivity contribution is 5.79. The van der Waals surface area contributed by atoms with Gasteiger partial charge in [-0.3, -0.25) is 9.69 Å². The smallest absolute Gasteiger partial charge is 0.235 e. The topological polar surface area (TPSA) is 32.3 Å². The maximum atomic E-state index is 10.7. The van der Waals surface area contributed by atoms with Gasteiger partial charge in [0.15, 0.2) is 0 Å². The lowest BCUT2D eigenvalue weighted by Gasteiger charge is -2.09. The van der Waals surface area contributed by atoms with Gasteiger partial charge in [0, 0.05) is 6.54 Å². The average Bonchev–Trinajstić information content (AvgIpc) is 2.59. The molecule has 1 saturated carbocycles. The van der Waals surface area contributed by atoms with E-state index in [0.29, 0.717) is 6.54 Å². The van der Waals surface area contributed by atoms with Crippen molar-refractivity contribution >= 4 is 5.91 Å². The summed E-state index contributed by atoms with van der Waals surface area (Å²) in [6.07, 6.45) is 2.73. The first-order valence-corrected chi connectivity index (χ1v) is 3.83. The molecule has 3 heteroatoms. The molecule has 0 aromatic rings. The van der Waals surface area contributed by atoms with Crippen LogP contribution >= 0.6 is 0 Å². The molecule has 3 nitrogen and oxygen atoms in total. The maximum Gasteiger partial charge on any atom is 0.235 e. The molecule has 0 unspecified atom stereocenters. The molecule has 1 N–H and O–H groups in total. The third-order valence-electron chi connectivity index (χ3n) is 2.08. The third-order valence-corrected chi connectivity index (χ3v) is 2.08. The van der Waals surface area contributed by atoms with Crippen molar-refractivity contribution in [1.82, 2.24) is 10.2 Å². The van der Waals surface area contributed by atoms with E-state index < -0.39 is 0 Å². The van der Waals surface area contributed by atoms with Crippen molar-refractivity contribution in [3.63, 3.8) is 0 Å². The van der Waals surface area contributed by atoms with E-state index in [4.69, 9.17) is 0 Å². The fraction of sp³-hybridized carbons (Fsp3) is 0.857. The molecule has 56 valence electrons. The van der Waals surface area contributed by atoms with Crippen molar-refractivity contribution in [1.29, 1.82) is 0 Å². The Morgan fingerprint density at radius 3 is 2.90 bits per heavy atom. The second-order valence-electron chi connectivity index (χ2n) is 3.21. The number of amides is 1. The van der Waals surface area contributed by atoms with Gasteiger partial charge in [-0.1, -0.05) is 0 Å². The minimum absolute atomic E-state index is 0.181. The summed E-state index contributed by atoms with van der Waals surface area (Å²) >= 11 is 0. The molecule has 2 rings (SSSR count). The number of nitrogens with zero attached hydrogens (tertiary/aromatic N) is 1. The highest BCUT2D eigenvalue weighted by Crippen LogP contribution is 2.29. The van der Waals surface area contributed by atoms with E-state index in [-0.39, 0.29) is 5.91 Å². The molecule has 1 aliphatic heterocycles. The summed E-state index contributed by atoms with van der Waals surface area (Å²) in [5.41, 5.74) is 0. The standard InChI is InChI=1S/C7H12N2O/c10-7-4-9(5-8-7)3-6-1-2-6/h6H,1-5H2,(H,8,10). The van der Waals surface area contributed by atoms with Crippen LogP contribution in [0.4, 0.5) is 0 Å². The molecule has 2 fully saturated rings. The zero-order valence-corrected chi connectivity index (χ0v) is 5.97. The van der Waals surface area contributed by atoms with Crippen molar-refractivity contribution in [2.45, 2.75) is 12.8 Å². The van der Waals surface area contributed by atoms with E-state index in [2.05, 4.69) is 10.2 Å². The largest absolute Gasteiger partial charge is 0.342 e. The molecule has 0 bridgehead atoms. The normalized spacial score (nSPS) is 27.0. The van der Waals surface area contributed by atoms with Crippen molar-refractivity contribution < 1.29 is 4.79 Å². The molecule has 0 spiro atoms. The molecule has 2 aliphatic rings. The Kier molecular flexibility index (Phi) is 1.38. The molecule has 1 heterocycles. The summed E-state index contributed by atoms with van der Waals surface area (Å²) in [5.74, 6) is 1.08. The van der Waals surface area contributed by atoms with Crippen LogP contribution in [-0.2, 0) is 4.79 Å². The summed E-state index contributed by atoms with van der Waals surface area (Å²) in [6.45, 7) is 2.52. The number of hydrogen-bond donors (Lipinski definition) is 1. The highest BCUT2D eigenvalue weighted by atomic mass is 16.2. The van der Waals surface area contributed by atoms with Gasteiger partial charge in [0.05, 0.1) is 13.2 Å². The van der Waals surface area contributed by atoms with Gasteiger partial charge in [0.1, 0.15) is 0 Å². The lowest BCUT2D eigenvalue weighted by atomic mass is 10.4. The molecule has 0 aromatic carbocycles. The summed E-state index contributed by atoms with van der Waals surface area (Å²) in [7, 11) is 0. The minimum atomic E-state index is 0.181. The van der Waals surface area contributed by atoms with Crippen molar-refractivity contribution in [2.75, 3.05) is 19.8 Å². The van der Waals surface area contributed by atoms with Crippen LogP contribution in [0.5, 0.6) is 0 Å². The van der Waals surface area contributed by atoms with Crippen LogP contribution in [0.25, 0.3) is 0 Å². The quantitative estimate of drug-likeness (QED) is 0.575. The Labute approximate surface area is 60.4 Å². The summed E-state index contributed by atoms with van der Waals surface area (Å²) in [6, 6.07) is 0. The Hall–Kier alpha value is -0.570. The first-order chi connectivity index (χ1) is 4.84. The van der Waals surface area contributed by atoms with Gasteiger partial charge in [0.2, 0.25) is 5.91 Å². The van der Waals surface area contributed by atoms with Gasteiger partial charge in [-0.2, -0.15) is 0 Å². The number of hydrogen-bond acceptors (Lipinski definition) is 2. The Bertz CT molecular complexity index is 154. The first kappa shape index (κ1) is 6.16. The fourth-order valence-corrected chi connectivity index (χ4v) is 1.31. The van der Waals surface area contributed by atoms with Gasteiger partial charge in [-0.25, -0.2) is 0 Å². The molecule has 0 radical (unpaired) electrons. The van der Waals surface area contributed by atoms with Crippen LogP contribution in [0.3, 0.4) is 0 Å². The zero-order valence-electron chi connectivity index (χ0n) is 5.97. The fourth-order valence-electron chi connectivity index (χ4n) is 1.31. The molecule has 10 heavy (non-hydrogen) atoms. The van der Waals surface area contributed by atoms with Crippen LogP contribution < -0.4 is 5.32 Å². The lowest BCUT2D eigenvalue weighted by Crippen LogP contribution is -2.24. The average molecular weight is 140 g/mol. The predicted octanol–water partition coefficient (Wildman–Crippen LogP) is -0.214. The molecule has 1 aliphatic carbocycles. The Morgan fingerprint density at radius 2 is 2.40 bits per heavy atom. The van der Waals surface area contributed by atoms with Crippen molar-refractivity contribution in [2.24, 2.45) is 5.92 Å². The van der Waals surface area contributed by atoms with Gasteiger partial charge in [0.25, 0.3) is 0 Å². The van der Waals surface area contributed by atoms with E-state index in [1.165, 1.54) is 12.8 Å². The second-order valence-corrected chi connectivity index (χ2v) is 3.21. The molecule has 0 atom stereocenters. The van der Waals surface area contributed by atoms with Crippen LogP contribution in [-0.4, -0.2) is 30.6 Å². The van der Waals surface area contributed by atoms with E-state index in [1.807, 2.05) is 0 Å². The van der Waals surface area contributed by atoms with Crippen LogP contribution in [0, 0.1) is 5.92 Å². The first-order valence-electron chi connectivity index (χ1n) is 3.83. The van der Waals surface area contributed by atoms with Gasteiger partial charge in [-0.05, 0) is 18.8 Å². The number of rotatable bonds is 2. The number of carbonyl (C=O) groups excluding carboxylic acids is 1. The van der Waals surface area contributed by atoms with Crippen LogP contribution in [0.1, 0.15) is 12.8 Å². The molecule has 0 aromatic heterocycles. The maximum absolute atomic E-state index is 10.7. The van der Waals surface area contributed by atoms with Crippen molar-refractivity contribution in [3.8, 4) is 0 Å². The van der Waals surface area contributed by atoms with E-state index in [0.717, 1.165) is 19.1 Å². The van der Waals surface area contributed by atoms with Crippen LogP contribution in [0.2, 0.25) is 0 Å². The SMILES string of the molecule is O=C1CN(CC2CC2)CN1. The lowest BCUT2D eigenvalue weighted by molar-refractivity contribution is -0.118. The zero-order chi connectivity index (χ0) is 6.97. The molecule has 1 saturated heterocycles. The van der Waals surface area contributed by atoms with Crippen LogP contribution in [0.15, 0.2) is 0 Å². The summed E-state index contributed by atoms with van der Waals surface area (Å²) in [4.78, 5) is 12.9. The Balaban J connectivity index is 1.77. The monoisotopic (exact) mass is 140 g/mol. The minimum Gasteiger partial charge on any atom is -0.342 e. The van der Waals surface area contributed by atoms with Gasteiger partial charge in [-0.15, -0.1) is 0 Å².